The van der Waals surface area contributed by atoms with E-state index in [1.54, 1.807) is 17.8 Å². The third kappa shape index (κ3) is 47.9. The third-order valence-electron chi connectivity index (χ3n) is 4.92. The van der Waals surface area contributed by atoms with Crippen molar-refractivity contribution in [2.75, 3.05) is 26.4 Å². The lowest BCUT2D eigenvalue weighted by Crippen LogP contribution is -2.19. The van der Waals surface area contributed by atoms with Crippen LogP contribution in [0.4, 0.5) is 0 Å². The molecular weight excluding hydrogens is 585 g/mol. The standard InChI is InChI=1S/C8H8Cl2S.C8H10.C7H17N.C5H10.C4H8.C4H10.C3H8/c1-5-3-8(11-2)7(10)4-6(5)9;1-7-4-3-5-8(2)6-7;1-4-6-8(3)7-5-2;1-4-5(2)3;1-4(2)3;1-3-4-2;1-3-2/h3-4H,1-2H3;3-6H,1-2H3;4-7H2,1-3H3;2,4H2,1,3H3;1H2,2-3H3;3-4H2,1-2H3;3H2,1-2H3. The Morgan fingerprint density at radius 3 is 1.33 bits per heavy atom. The molecule has 0 heterocycles. The molecule has 0 aliphatic carbocycles. The van der Waals surface area contributed by atoms with Gasteiger partial charge < -0.3 is 4.90 Å². The predicted molar refractivity (Wildman–Crippen MR) is 209 cm³/mol. The first-order valence-electron chi connectivity index (χ1n) is 16.1. The Bertz CT molecular complexity index is 864. The van der Waals surface area contributed by atoms with Crippen LogP contribution in [0.3, 0.4) is 0 Å². The van der Waals surface area contributed by atoms with Gasteiger partial charge in [0.25, 0.3) is 0 Å². The number of hydrogen-bond donors (Lipinski definition) is 0. The highest BCUT2D eigenvalue weighted by atomic mass is 35.5. The summed E-state index contributed by atoms with van der Waals surface area (Å²) < 4.78 is 0. The first-order valence-corrected chi connectivity index (χ1v) is 18.0. The third-order valence-corrected chi connectivity index (χ3v) is 6.53. The topological polar surface area (TPSA) is 3.24 Å². The molecule has 0 aliphatic heterocycles. The lowest BCUT2D eigenvalue weighted by molar-refractivity contribution is 0.335. The Hall–Kier alpha value is -1.19. The molecule has 0 radical (unpaired) electrons. The number of thioether (sulfide) groups is 1. The number of rotatable bonds is 7. The lowest BCUT2D eigenvalue weighted by atomic mass is 10.2. The van der Waals surface area contributed by atoms with Gasteiger partial charge in [0.2, 0.25) is 0 Å². The van der Waals surface area contributed by atoms with Crippen molar-refractivity contribution in [2.24, 2.45) is 0 Å². The average molecular weight is 657 g/mol. The smallest absolute Gasteiger partial charge is 0.0556 e. The molecule has 0 unspecified atom stereocenters. The van der Waals surface area contributed by atoms with Gasteiger partial charge in [-0.1, -0.05) is 137 Å². The summed E-state index contributed by atoms with van der Waals surface area (Å²) in [6.07, 6.45) is 9.54. The van der Waals surface area contributed by atoms with Gasteiger partial charge in [0, 0.05) is 9.92 Å². The van der Waals surface area contributed by atoms with Gasteiger partial charge in [-0.15, -0.1) is 24.9 Å². The molecule has 43 heavy (non-hydrogen) atoms. The zero-order valence-electron chi connectivity index (χ0n) is 31.1. The highest BCUT2D eigenvalue weighted by Crippen LogP contribution is 2.30. The Balaban J connectivity index is -0.000000137. The minimum atomic E-state index is 0.729. The van der Waals surface area contributed by atoms with E-state index in [4.69, 9.17) is 23.2 Å². The Labute approximate surface area is 285 Å². The van der Waals surface area contributed by atoms with E-state index in [1.165, 1.54) is 67.5 Å². The van der Waals surface area contributed by atoms with Crippen molar-refractivity contribution in [1.82, 2.24) is 4.90 Å². The maximum absolute atomic E-state index is 5.90. The average Bonchev–Trinajstić information content (AvgIpc) is 2.92. The van der Waals surface area contributed by atoms with Crippen molar-refractivity contribution in [2.45, 2.75) is 133 Å². The van der Waals surface area contributed by atoms with Crippen LogP contribution in [0.5, 0.6) is 0 Å². The molecule has 1 nitrogen and oxygen atoms in total. The molecule has 2 aromatic carbocycles. The summed E-state index contributed by atoms with van der Waals surface area (Å²) >= 11 is 13.4. The van der Waals surface area contributed by atoms with Crippen molar-refractivity contribution in [1.29, 1.82) is 0 Å². The van der Waals surface area contributed by atoms with Crippen LogP contribution in [-0.4, -0.2) is 31.3 Å². The highest BCUT2D eigenvalue weighted by Gasteiger charge is 2.02. The summed E-state index contributed by atoms with van der Waals surface area (Å²) in [5, 5.41) is 1.46. The summed E-state index contributed by atoms with van der Waals surface area (Å²) in [7, 11) is 2.17. The molecule has 0 saturated carbocycles. The lowest BCUT2D eigenvalue weighted by Gasteiger charge is -2.12. The number of unbranched alkanes of at least 4 members (excludes halogenated alkanes) is 1. The molecule has 0 N–H and O–H groups in total. The van der Waals surface area contributed by atoms with E-state index in [0.717, 1.165) is 26.9 Å². The van der Waals surface area contributed by atoms with Gasteiger partial charge >= 0.3 is 0 Å². The molecule has 0 aliphatic rings. The molecule has 0 aromatic heterocycles. The van der Waals surface area contributed by atoms with E-state index in [9.17, 15) is 0 Å². The number of allylic oxidation sites excluding steroid dienone is 2. The second-order valence-corrected chi connectivity index (χ2v) is 12.6. The molecular formula is C39H71Cl2NS. The molecule has 2 rings (SSSR count). The molecule has 252 valence electrons. The SMILES string of the molecule is C=C(C)C.C=C(C)CC.CCC.CCCC.CCCN(C)CCC.CSc1cc(C)c(Cl)cc1Cl.Cc1cccc(C)c1. The van der Waals surface area contributed by atoms with Gasteiger partial charge in [0.15, 0.2) is 0 Å². The van der Waals surface area contributed by atoms with Crippen LogP contribution in [0.1, 0.15) is 124 Å². The minimum Gasteiger partial charge on any atom is -0.306 e. The number of hydrogen-bond acceptors (Lipinski definition) is 2. The van der Waals surface area contributed by atoms with Crippen LogP contribution in [0.25, 0.3) is 0 Å². The van der Waals surface area contributed by atoms with Crippen LogP contribution in [0.2, 0.25) is 10.0 Å². The Kier molecular flexibility index (Phi) is 46.4. The second-order valence-electron chi connectivity index (χ2n) is 10.9. The van der Waals surface area contributed by atoms with Crippen LogP contribution in [0, 0.1) is 20.8 Å². The largest absolute Gasteiger partial charge is 0.306 e. The summed E-state index contributed by atoms with van der Waals surface area (Å²) in [5.74, 6) is 0. The summed E-state index contributed by atoms with van der Waals surface area (Å²) in [6, 6.07) is 12.2. The molecule has 0 spiro atoms. The molecule has 0 bridgehead atoms. The first-order chi connectivity index (χ1) is 20.1. The first kappa shape index (κ1) is 51.4. The van der Waals surface area contributed by atoms with E-state index in [0.29, 0.717) is 0 Å². The minimum absolute atomic E-state index is 0.729. The summed E-state index contributed by atoms with van der Waals surface area (Å²) in [5.41, 5.74) is 6.17. The maximum atomic E-state index is 5.90. The van der Waals surface area contributed by atoms with Crippen molar-refractivity contribution in [3.8, 4) is 0 Å². The van der Waals surface area contributed by atoms with Crippen molar-refractivity contribution < 1.29 is 0 Å². The molecule has 0 fully saturated rings. The zero-order valence-corrected chi connectivity index (χ0v) is 33.5. The molecule has 0 saturated heterocycles. The van der Waals surface area contributed by atoms with Gasteiger partial charge in [-0.2, -0.15) is 0 Å². The van der Waals surface area contributed by atoms with Gasteiger partial charge in [0.05, 0.1) is 5.02 Å². The van der Waals surface area contributed by atoms with Gasteiger partial charge in [0.1, 0.15) is 0 Å². The number of halogens is 2. The van der Waals surface area contributed by atoms with Crippen molar-refractivity contribution in [3.63, 3.8) is 0 Å². The Morgan fingerprint density at radius 1 is 0.721 bits per heavy atom. The van der Waals surface area contributed by atoms with E-state index in [-0.39, 0.29) is 0 Å². The van der Waals surface area contributed by atoms with Crippen LogP contribution in [-0.2, 0) is 0 Å². The Morgan fingerprint density at radius 2 is 1.09 bits per heavy atom. The van der Waals surface area contributed by atoms with Gasteiger partial charge in [-0.25, -0.2) is 0 Å². The highest BCUT2D eigenvalue weighted by molar-refractivity contribution is 7.98. The van der Waals surface area contributed by atoms with Gasteiger partial charge in [-0.3, -0.25) is 0 Å². The van der Waals surface area contributed by atoms with Crippen molar-refractivity contribution in [3.05, 3.63) is 87.4 Å². The summed E-state index contributed by atoms with van der Waals surface area (Å²) in [6.45, 7) is 37.0. The van der Waals surface area contributed by atoms with Crippen LogP contribution >= 0.6 is 35.0 Å². The van der Waals surface area contributed by atoms with Crippen LogP contribution < -0.4 is 0 Å². The van der Waals surface area contributed by atoms with Crippen molar-refractivity contribution >= 4 is 35.0 Å². The zero-order chi connectivity index (χ0) is 34.8. The fourth-order valence-corrected chi connectivity index (χ4v) is 3.63. The van der Waals surface area contributed by atoms with E-state index >= 15 is 0 Å². The molecule has 4 heteroatoms. The fourth-order valence-electron chi connectivity index (χ4n) is 2.47. The van der Waals surface area contributed by atoms with E-state index in [2.05, 4.69) is 112 Å². The number of nitrogens with zero attached hydrogens (tertiary/aromatic N) is 1. The monoisotopic (exact) mass is 655 g/mol. The molecule has 0 atom stereocenters. The van der Waals surface area contributed by atoms with Gasteiger partial charge in [-0.05, 0) is 105 Å². The molecule has 2 aromatic rings. The normalized spacial score (nSPS) is 8.88. The maximum Gasteiger partial charge on any atom is 0.0556 e. The fraction of sp³-hybridized carbons (Fsp3) is 0.590. The quantitative estimate of drug-likeness (QED) is 0.215. The number of benzene rings is 2. The summed E-state index contributed by atoms with van der Waals surface area (Å²) in [4.78, 5) is 3.44. The van der Waals surface area contributed by atoms with E-state index < -0.39 is 0 Å². The number of aryl methyl sites for hydroxylation is 3. The van der Waals surface area contributed by atoms with E-state index in [1.807, 2.05) is 40.0 Å². The van der Waals surface area contributed by atoms with Crippen LogP contribution in [0.15, 0.2) is 65.6 Å². The predicted octanol–water partition coefficient (Wildman–Crippen LogP) is 14.8. The molecule has 0 amide bonds. The second kappa shape index (κ2) is 38.8.